The van der Waals surface area contributed by atoms with Crippen LogP contribution in [0.4, 0.5) is 0 Å². The molecule has 1 aromatic carbocycles. The summed E-state index contributed by atoms with van der Waals surface area (Å²) >= 11 is 0. The lowest BCUT2D eigenvalue weighted by atomic mass is 10.0. The first-order valence-electron chi connectivity index (χ1n) is 6.52. The molecule has 19 heavy (non-hydrogen) atoms. The maximum Gasteiger partial charge on any atom is 0.138 e. The van der Waals surface area contributed by atoms with Gasteiger partial charge in [-0.25, -0.2) is 0 Å². The van der Waals surface area contributed by atoms with Gasteiger partial charge in [-0.1, -0.05) is 24.3 Å². The standard InChI is InChI=1S/C16H20N2O/c1-11-6-4-5-7-14(11)13(3)17-10-15-16(19)9-8-12(2)18-15/h4-9,13,17,19H,10H2,1-3H3. The second kappa shape index (κ2) is 5.85. The Labute approximate surface area is 114 Å². The van der Waals surface area contributed by atoms with Gasteiger partial charge >= 0.3 is 0 Å². The first-order chi connectivity index (χ1) is 9.08. The lowest BCUT2D eigenvalue weighted by molar-refractivity contribution is 0.454. The van der Waals surface area contributed by atoms with Gasteiger partial charge in [-0.15, -0.1) is 0 Å². The average molecular weight is 256 g/mol. The van der Waals surface area contributed by atoms with E-state index in [1.54, 1.807) is 6.07 Å². The van der Waals surface area contributed by atoms with E-state index < -0.39 is 0 Å². The molecule has 2 N–H and O–H groups in total. The van der Waals surface area contributed by atoms with Gasteiger partial charge in [0.2, 0.25) is 0 Å². The van der Waals surface area contributed by atoms with Gasteiger partial charge in [0.15, 0.2) is 0 Å². The number of benzene rings is 1. The number of aryl methyl sites for hydroxylation is 2. The van der Waals surface area contributed by atoms with Crippen molar-refractivity contribution in [3.63, 3.8) is 0 Å². The van der Waals surface area contributed by atoms with Crippen LogP contribution < -0.4 is 5.32 Å². The van der Waals surface area contributed by atoms with Crippen LogP contribution in [0.2, 0.25) is 0 Å². The molecule has 0 saturated heterocycles. The number of hydrogen-bond donors (Lipinski definition) is 2. The van der Waals surface area contributed by atoms with Gasteiger partial charge in [-0.05, 0) is 44.0 Å². The number of aromatic nitrogens is 1. The molecule has 2 rings (SSSR count). The molecule has 0 amide bonds. The van der Waals surface area contributed by atoms with Gasteiger partial charge in [0.1, 0.15) is 5.75 Å². The van der Waals surface area contributed by atoms with Crippen LogP contribution in [-0.2, 0) is 6.54 Å². The van der Waals surface area contributed by atoms with Crippen LogP contribution in [-0.4, -0.2) is 10.1 Å². The average Bonchev–Trinajstić information content (AvgIpc) is 2.40. The zero-order valence-electron chi connectivity index (χ0n) is 11.6. The van der Waals surface area contributed by atoms with Crippen LogP contribution in [0.5, 0.6) is 5.75 Å². The number of pyridine rings is 1. The fourth-order valence-corrected chi connectivity index (χ4v) is 2.17. The second-order valence-electron chi connectivity index (χ2n) is 4.88. The van der Waals surface area contributed by atoms with E-state index in [1.807, 2.05) is 25.1 Å². The molecule has 1 aromatic heterocycles. The normalized spacial score (nSPS) is 12.4. The van der Waals surface area contributed by atoms with Crippen molar-refractivity contribution in [1.82, 2.24) is 10.3 Å². The molecule has 1 atom stereocenters. The second-order valence-corrected chi connectivity index (χ2v) is 4.88. The van der Waals surface area contributed by atoms with Crippen molar-refractivity contribution in [3.05, 3.63) is 58.9 Å². The van der Waals surface area contributed by atoms with E-state index >= 15 is 0 Å². The largest absolute Gasteiger partial charge is 0.506 e. The SMILES string of the molecule is Cc1ccc(O)c(CNC(C)c2ccccc2C)n1. The monoisotopic (exact) mass is 256 g/mol. The van der Waals surface area contributed by atoms with E-state index in [0.29, 0.717) is 12.2 Å². The highest BCUT2D eigenvalue weighted by atomic mass is 16.3. The molecule has 3 heteroatoms. The van der Waals surface area contributed by atoms with E-state index in [4.69, 9.17) is 0 Å². The van der Waals surface area contributed by atoms with E-state index in [9.17, 15) is 5.11 Å². The van der Waals surface area contributed by atoms with Gasteiger partial charge in [-0.2, -0.15) is 0 Å². The summed E-state index contributed by atoms with van der Waals surface area (Å²) in [6, 6.07) is 12.0. The van der Waals surface area contributed by atoms with Crippen LogP contribution in [0.15, 0.2) is 36.4 Å². The minimum atomic E-state index is 0.225. The Morgan fingerprint density at radius 2 is 1.89 bits per heavy atom. The number of nitrogens with one attached hydrogen (secondary N) is 1. The van der Waals surface area contributed by atoms with Gasteiger partial charge in [0.05, 0.1) is 5.69 Å². The number of aromatic hydroxyl groups is 1. The minimum Gasteiger partial charge on any atom is -0.506 e. The van der Waals surface area contributed by atoms with Crippen molar-refractivity contribution in [2.75, 3.05) is 0 Å². The van der Waals surface area contributed by atoms with Crippen molar-refractivity contribution >= 4 is 0 Å². The van der Waals surface area contributed by atoms with Crippen molar-refractivity contribution in [2.45, 2.75) is 33.4 Å². The highest BCUT2D eigenvalue weighted by molar-refractivity contribution is 5.30. The zero-order valence-corrected chi connectivity index (χ0v) is 11.6. The molecule has 0 spiro atoms. The Morgan fingerprint density at radius 3 is 2.63 bits per heavy atom. The lowest BCUT2D eigenvalue weighted by Crippen LogP contribution is -2.19. The zero-order chi connectivity index (χ0) is 13.8. The third-order valence-corrected chi connectivity index (χ3v) is 3.32. The van der Waals surface area contributed by atoms with Crippen LogP contribution in [0.3, 0.4) is 0 Å². The van der Waals surface area contributed by atoms with Gasteiger partial charge in [-0.3, -0.25) is 4.98 Å². The Kier molecular flexibility index (Phi) is 4.17. The van der Waals surface area contributed by atoms with Crippen molar-refractivity contribution in [3.8, 4) is 5.75 Å². The van der Waals surface area contributed by atoms with Crippen LogP contribution in [0, 0.1) is 13.8 Å². The van der Waals surface area contributed by atoms with E-state index in [1.165, 1.54) is 11.1 Å². The highest BCUT2D eigenvalue weighted by Crippen LogP contribution is 2.19. The third-order valence-electron chi connectivity index (χ3n) is 3.32. The molecular formula is C16H20N2O. The summed E-state index contributed by atoms with van der Waals surface area (Å²) in [4.78, 5) is 4.35. The summed E-state index contributed by atoms with van der Waals surface area (Å²) in [6.07, 6.45) is 0. The summed E-state index contributed by atoms with van der Waals surface area (Å²) in [5, 5.41) is 13.2. The first kappa shape index (κ1) is 13.6. The molecule has 1 heterocycles. The summed E-state index contributed by atoms with van der Waals surface area (Å²) in [5.74, 6) is 0.245. The maximum atomic E-state index is 9.77. The fraction of sp³-hybridized carbons (Fsp3) is 0.312. The highest BCUT2D eigenvalue weighted by Gasteiger charge is 2.09. The topological polar surface area (TPSA) is 45.1 Å². The smallest absolute Gasteiger partial charge is 0.138 e. The van der Waals surface area contributed by atoms with Crippen molar-refractivity contribution in [1.29, 1.82) is 0 Å². The third kappa shape index (κ3) is 3.32. The molecule has 0 aliphatic heterocycles. The predicted octanol–water partition coefficient (Wildman–Crippen LogP) is 3.25. The van der Waals surface area contributed by atoms with Gasteiger partial charge < -0.3 is 10.4 Å². The van der Waals surface area contributed by atoms with Crippen LogP contribution in [0.1, 0.15) is 35.5 Å². The molecule has 0 radical (unpaired) electrons. The Bertz CT molecular complexity index is 566. The summed E-state index contributed by atoms with van der Waals surface area (Å²) in [5.41, 5.74) is 4.15. The summed E-state index contributed by atoms with van der Waals surface area (Å²) in [6.45, 7) is 6.71. The van der Waals surface area contributed by atoms with E-state index in [2.05, 4.69) is 36.3 Å². The molecule has 0 bridgehead atoms. The summed E-state index contributed by atoms with van der Waals surface area (Å²) in [7, 11) is 0. The van der Waals surface area contributed by atoms with Crippen molar-refractivity contribution < 1.29 is 5.11 Å². The number of hydrogen-bond acceptors (Lipinski definition) is 3. The molecule has 1 unspecified atom stereocenters. The quantitative estimate of drug-likeness (QED) is 0.882. The Balaban J connectivity index is 2.06. The molecule has 0 aliphatic rings. The Hall–Kier alpha value is -1.87. The van der Waals surface area contributed by atoms with Crippen molar-refractivity contribution in [2.24, 2.45) is 0 Å². The molecule has 0 saturated carbocycles. The molecule has 3 nitrogen and oxygen atoms in total. The molecular weight excluding hydrogens is 236 g/mol. The summed E-state index contributed by atoms with van der Waals surface area (Å²) < 4.78 is 0. The van der Waals surface area contributed by atoms with Crippen LogP contribution >= 0.6 is 0 Å². The minimum absolute atomic E-state index is 0.225. The maximum absolute atomic E-state index is 9.77. The number of nitrogens with zero attached hydrogens (tertiary/aromatic N) is 1. The fourth-order valence-electron chi connectivity index (χ4n) is 2.17. The van der Waals surface area contributed by atoms with Gasteiger partial charge in [0.25, 0.3) is 0 Å². The molecule has 0 aliphatic carbocycles. The lowest BCUT2D eigenvalue weighted by Gasteiger charge is -2.16. The predicted molar refractivity (Wildman–Crippen MR) is 77.1 cm³/mol. The Morgan fingerprint density at radius 1 is 1.16 bits per heavy atom. The van der Waals surface area contributed by atoms with Gasteiger partial charge in [0, 0.05) is 18.3 Å². The van der Waals surface area contributed by atoms with Crippen LogP contribution in [0.25, 0.3) is 0 Å². The van der Waals surface area contributed by atoms with E-state index in [0.717, 1.165) is 5.69 Å². The first-order valence-corrected chi connectivity index (χ1v) is 6.52. The molecule has 0 fully saturated rings. The molecule has 100 valence electrons. The van der Waals surface area contributed by atoms with E-state index in [-0.39, 0.29) is 11.8 Å². The number of rotatable bonds is 4. The molecule has 2 aromatic rings.